The summed E-state index contributed by atoms with van der Waals surface area (Å²) in [4.78, 5) is 10.6. The van der Waals surface area contributed by atoms with Crippen molar-refractivity contribution in [2.75, 3.05) is 18.0 Å². The molecular weight excluding hydrogens is 234 g/mol. The molecule has 1 saturated heterocycles. The van der Waals surface area contributed by atoms with Crippen LogP contribution in [0.25, 0.3) is 0 Å². The molecule has 0 bridgehead atoms. The molecule has 4 heteroatoms. The van der Waals surface area contributed by atoms with Gasteiger partial charge in [-0.15, -0.1) is 0 Å². The van der Waals surface area contributed by atoms with Crippen LogP contribution in [-0.2, 0) is 0 Å². The van der Waals surface area contributed by atoms with Gasteiger partial charge in [-0.05, 0) is 42.8 Å². The third-order valence-electron chi connectivity index (χ3n) is 3.48. The summed E-state index contributed by atoms with van der Waals surface area (Å²) in [5, 5.41) is 0.344. The second-order valence-electron chi connectivity index (χ2n) is 4.76. The summed E-state index contributed by atoms with van der Waals surface area (Å²) in [5.41, 5.74) is 0. The van der Waals surface area contributed by atoms with Crippen LogP contribution in [0.2, 0.25) is 5.28 Å². The van der Waals surface area contributed by atoms with E-state index in [1.165, 1.54) is 32.1 Å². The molecule has 1 aliphatic heterocycles. The van der Waals surface area contributed by atoms with Gasteiger partial charge >= 0.3 is 0 Å². The Bertz CT molecular complexity index is 356. The van der Waals surface area contributed by atoms with Crippen LogP contribution in [0, 0.1) is 5.92 Å². The molecule has 17 heavy (non-hydrogen) atoms. The Labute approximate surface area is 108 Å². The van der Waals surface area contributed by atoms with E-state index in [2.05, 4.69) is 21.8 Å². The lowest BCUT2D eigenvalue weighted by Gasteiger charge is -2.21. The lowest BCUT2D eigenvalue weighted by atomic mass is 9.96. The van der Waals surface area contributed by atoms with Crippen LogP contribution in [-0.4, -0.2) is 23.1 Å². The van der Waals surface area contributed by atoms with Crippen molar-refractivity contribution >= 4 is 17.4 Å². The van der Waals surface area contributed by atoms with E-state index >= 15 is 0 Å². The molecule has 0 radical (unpaired) electrons. The van der Waals surface area contributed by atoms with Gasteiger partial charge in [0, 0.05) is 19.3 Å². The van der Waals surface area contributed by atoms with Crippen LogP contribution in [0.15, 0.2) is 12.3 Å². The number of rotatable bonds is 3. The first-order chi connectivity index (χ1) is 8.29. The van der Waals surface area contributed by atoms with Gasteiger partial charge in [-0.1, -0.05) is 19.8 Å². The van der Waals surface area contributed by atoms with E-state index in [4.69, 9.17) is 11.6 Å². The Morgan fingerprint density at radius 1 is 1.41 bits per heavy atom. The number of anilines is 1. The van der Waals surface area contributed by atoms with E-state index in [9.17, 15) is 0 Å². The first-order valence-electron chi connectivity index (χ1n) is 6.53. The van der Waals surface area contributed by atoms with Gasteiger partial charge in [-0.25, -0.2) is 9.97 Å². The fourth-order valence-corrected chi connectivity index (χ4v) is 2.74. The maximum atomic E-state index is 5.83. The molecule has 0 N–H and O–H groups in total. The first kappa shape index (κ1) is 12.6. The molecule has 1 fully saturated rings. The van der Waals surface area contributed by atoms with Crippen LogP contribution in [0.5, 0.6) is 0 Å². The summed E-state index contributed by atoms with van der Waals surface area (Å²) < 4.78 is 0. The zero-order valence-electron chi connectivity index (χ0n) is 10.4. The molecule has 2 rings (SSSR count). The largest absolute Gasteiger partial charge is 0.356 e. The third kappa shape index (κ3) is 3.56. The van der Waals surface area contributed by atoms with Crippen LogP contribution < -0.4 is 4.90 Å². The van der Waals surface area contributed by atoms with Crippen molar-refractivity contribution in [2.24, 2.45) is 5.92 Å². The smallest absolute Gasteiger partial charge is 0.224 e. The second-order valence-corrected chi connectivity index (χ2v) is 5.09. The Morgan fingerprint density at radius 2 is 2.29 bits per heavy atom. The Balaban J connectivity index is 1.99. The molecule has 1 unspecified atom stereocenters. The van der Waals surface area contributed by atoms with Crippen LogP contribution in [0.4, 0.5) is 5.82 Å². The fraction of sp³-hybridized carbons (Fsp3) is 0.692. The van der Waals surface area contributed by atoms with E-state index < -0.39 is 0 Å². The number of hydrogen-bond donors (Lipinski definition) is 0. The lowest BCUT2D eigenvalue weighted by Crippen LogP contribution is -2.25. The molecule has 0 aromatic carbocycles. The highest BCUT2D eigenvalue weighted by molar-refractivity contribution is 6.28. The van der Waals surface area contributed by atoms with E-state index in [0.717, 1.165) is 24.8 Å². The summed E-state index contributed by atoms with van der Waals surface area (Å²) >= 11 is 5.83. The van der Waals surface area contributed by atoms with E-state index in [1.54, 1.807) is 6.20 Å². The molecule has 1 aromatic rings. The molecule has 0 aliphatic carbocycles. The molecule has 0 spiro atoms. The minimum atomic E-state index is 0.344. The number of aromatic nitrogens is 2. The number of nitrogens with zero attached hydrogens (tertiary/aromatic N) is 3. The Morgan fingerprint density at radius 3 is 3.06 bits per heavy atom. The van der Waals surface area contributed by atoms with Gasteiger partial charge in [0.2, 0.25) is 5.28 Å². The number of hydrogen-bond acceptors (Lipinski definition) is 3. The number of halogens is 1. The average Bonchev–Trinajstić information content (AvgIpc) is 2.55. The molecule has 2 heterocycles. The standard InChI is InChI=1S/C13H20ClN3/c1-2-4-11-5-3-9-17(10-7-11)12-6-8-15-13(14)16-12/h6,8,11H,2-5,7,9-10H2,1H3. The predicted molar refractivity (Wildman–Crippen MR) is 71.5 cm³/mol. The van der Waals surface area contributed by atoms with Crippen molar-refractivity contribution < 1.29 is 0 Å². The molecule has 94 valence electrons. The monoisotopic (exact) mass is 253 g/mol. The van der Waals surface area contributed by atoms with Crippen LogP contribution in [0.1, 0.15) is 39.0 Å². The van der Waals surface area contributed by atoms with Gasteiger partial charge in [0.05, 0.1) is 0 Å². The highest BCUT2D eigenvalue weighted by atomic mass is 35.5. The Kier molecular flexibility index (Phi) is 4.60. The van der Waals surface area contributed by atoms with E-state index in [1.807, 2.05) is 6.07 Å². The summed E-state index contributed by atoms with van der Waals surface area (Å²) in [7, 11) is 0. The minimum Gasteiger partial charge on any atom is -0.356 e. The van der Waals surface area contributed by atoms with Gasteiger partial charge < -0.3 is 4.90 Å². The van der Waals surface area contributed by atoms with Gasteiger partial charge in [0.1, 0.15) is 5.82 Å². The first-order valence-corrected chi connectivity index (χ1v) is 6.91. The van der Waals surface area contributed by atoms with Crippen molar-refractivity contribution in [3.63, 3.8) is 0 Å². The fourth-order valence-electron chi connectivity index (χ4n) is 2.59. The topological polar surface area (TPSA) is 29.0 Å². The van der Waals surface area contributed by atoms with Crippen molar-refractivity contribution in [1.82, 2.24) is 9.97 Å². The summed E-state index contributed by atoms with van der Waals surface area (Å²) in [5.74, 6) is 1.87. The van der Waals surface area contributed by atoms with Gasteiger partial charge in [-0.3, -0.25) is 0 Å². The molecular formula is C13H20ClN3. The van der Waals surface area contributed by atoms with Crippen molar-refractivity contribution in [1.29, 1.82) is 0 Å². The SMILES string of the molecule is CCCC1CCCN(c2ccnc(Cl)n2)CC1. The van der Waals surface area contributed by atoms with Crippen LogP contribution >= 0.6 is 11.6 Å². The normalized spacial score (nSPS) is 21.3. The van der Waals surface area contributed by atoms with Gasteiger partial charge in [-0.2, -0.15) is 0 Å². The van der Waals surface area contributed by atoms with Crippen molar-refractivity contribution in [3.8, 4) is 0 Å². The van der Waals surface area contributed by atoms with Gasteiger partial charge in [0.15, 0.2) is 0 Å². The van der Waals surface area contributed by atoms with Crippen molar-refractivity contribution in [2.45, 2.75) is 39.0 Å². The van der Waals surface area contributed by atoms with E-state index in [-0.39, 0.29) is 0 Å². The summed E-state index contributed by atoms with van der Waals surface area (Å²) in [6, 6.07) is 1.95. The molecule has 1 aromatic heterocycles. The third-order valence-corrected chi connectivity index (χ3v) is 3.66. The maximum absolute atomic E-state index is 5.83. The minimum absolute atomic E-state index is 0.344. The summed E-state index contributed by atoms with van der Waals surface area (Å²) in [6.07, 6.45) is 8.27. The molecule has 0 amide bonds. The highest BCUT2D eigenvalue weighted by Crippen LogP contribution is 2.24. The molecule has 1 atom stereocenters. The van der Waals surface area contributed by atoms with Crippen LogP contribution in [0.3, 0.4) is 0 Å². The zero-order chi connectivity index (χ0) is 12.1. The van der Waals surface area contributed by atoms with E-state index in [0.29, 0.717) is 5.28 Å². The molecule has 0 saturated carbocycles. The highest BCUT2D eigenvalue weighted by Gasteiger charge is 2.17. The molecule has 3 nitrogen and oxygen atoms in total. The Hall–Kier alpha value is -0.830. The second kappa shape index (κ2) is 6.20. The van der Waals surface area contributed by atoms with Crippen molar-refractivity contribution in [3.05, 3.63) is 17.5 Å². The molecule has 1 aliphatic rings. The average molecular weight is 254 g/mol. The zero-order valence-corrected chi connectivity index (χ0v) is 11.2. The van der Waals surface area contributed by atoms with Gasteiger partial charge in [0.25, 0.3) is 0 Å². The maximum Gasteiger partial charge on any atom is 0.224 e. The lowest BCUT2D eigenvalue weighted by molar-refractivity contribution is 0.435. The predicted octanol–water partition coefficient (Wildman–Crippen LogP) is 3.54. The summed E-state index contributed by atoms with van der Waals surface area (Å²) in [6.45, 7) is 4.46. The quantitative estimate of drug-likeness (QED) is 0.772.